The van der Waals surface area contributed by atoms with E-state index in [0.29, 0.717) is 0 Å². The monoisotopic (exact) mass is 482 g/mol. The summed E-state index contributed by atoms with van der Waals surface area (Å²) in [6.45, 7) is 2.63. The fraction of sp³-hybridized carbons (Fsp3) is 0.348. The topological polar surface area (TPSA) is 62.1 Å². The van der Waals surface area contributed by atoms with Crippen molar-refractivity contribution in [1.82, 2.24) is 19.7 Å². The number of fused-ring (bicyclic) bond motifs is 2. The van der Waals surface area contributed by atoms with E-state index in [9.17, 15) is 0 Å². The van der Waals surface area contributed by atoms with Crippen molar-refractivity contribution < 1.29 is 9.47 Å². The van der Waals surface area contributed by atoms with E-state index in [1.807, 2.05) is 29.5 Å². The predicted molar refractivity (Wildman–Crippen MR) is 129 cm³/mol. The van der Waals surface area contributed by atoms with Gasteiger partial charge in [-0.3, -0.25) is 0 Å². The second-order valence-electron chi connectivity index (χ2n) is 8.26. The molecule has 2 aliphatic rings. The Kier molecular flexibility index (Phi) is 5.20. The van der Waals surface area contributed by atoms with Crippen LogP contribution in [-0.2, 0) is 25.6 Å². The van der Waals surface area contributed by atoms with E-state index >= 15 is 0 Å². The highest BCUT2D eigenvalue weighted by atomic mass is 32.2. The molecule has 164 valence electrons. The van der Waals surface area contributed by atoms with Crippen LogP contribution >= 0.6 is 34.4 Å². The molecule has 0 bridgehead atoms. The molecule has 0 amide bonds. The number of hydrogen-bond acceptors (Lipinski definition) is 8. The molecule has 0 saturated heterocycles. The molecule has 0 saturated carbocycles. The van der Waals surface area contributed by atoms with Crippen molar-refractivity contribution in [1.29, 1.82) is 0 Å². The Hall–Kier alpha value is -2.36. The van der Waals surface area contributed by atoms with Crippen molar-refractivity contribution in [2.45, 2.75) is 37.1 Å². The Morgan fingerprint density at radius 1 is 1.16 bits per heavy atom. The maximum Gasteiger partial charge on any atom is 0.231 e. The third-order valence-corrected chi connectivity index (χ3v) is 9.04. The largest absolute Gasteiger partial charge is 0.454 e. The molecule has 3 aromatic heterocycles. The van der Waals surface area contributed by atoms with Crippen molar-refractivity contribution in [3.8, 4) is 33.5 Å². The number of thioether (sulfide) groups is 1. The average molecular weight is 483 g/mol. The van der Waals surface area contributed by atoms with Gasteiger partial charge in [0.05, 0.1) is 5.69 Å². The number of ether oxygens (including phenoxy) is 2. The van der Waals surface area contributed by atoms with Crippen LogP contribution in [0.1, 0.15) is 29.5 Å². The third-order valence-electron chi connectivity index (χ3n) is 6.00. The summed E-state index contributed by atoms with van der Waals surface area (Å²) in [7, 11) is 2.06. The molecule has 1 atom stereocenters. The van der Waals surface area contributed by atoms with E-state index in [-0.39, 0.29) is 6.79 Å². The van der Waals surface area contributed by atoms with Crippen molar-refractivity contribution in [3.63, 3.8) is 0 Å². The summed E-state index contributed by atoms with van der Waals surface area (Å²) >= 11 is 5.19. The molecule has 1 aliphatic carbocycles. The van der Waals surface area contributed by atoms with Gasteiger partial charge in [0.25, 0.3) is 0 Å². The molecule has 0 spiro atoms. The van der Waals surface area contributed by atoms with Gasteiger partial charge in [-0.15, -0.1) is 32.9 Å². The van der Waals surface area contributed by atoms with E-state index in [0.717, 1.165) is 56.8 Å². The van der Waals surface area contributed by atoms with Crippen molar-refractivity contribution in [2.24, 2.45) is 13.0 Å². The van der Waals surface area contributed by atoms with Gasteiger partial charge in [0.1, 0.15) is 5.01 Å². The summed E-state index contributed by atoms with van der Waals surface area (Å²) in [6.07, 6.45) is 3.59. The molecule has 0 radical (unpaired) electrons. The highest BCUT2D eigenvalue weighted by molar-refractivity contribution is 7.98. The highest BCUT2D eigenvalue weighted by Crippen LogP contribution is 2.39. The number of thiazole rings is 1. The van der Waals surface area contributed by atoms with Gasteiger partial charge in [0, 0.05) is 39.6 Å². The number of thiophene rings is 1. The lowest BCUT2D eigenvalue weighted by atomic mass is 9.88. The Morgan fingerprint density at radius 3 is 3.00 bits per heavy atom. The fourth-order valence-corrected chi connectivity index (χ4v) is 7.18. The first-order valence-corrected chi connectivity index (χ1v) is 13.4. The van der Waals surface area contributed by atoms with E-state index in [1.54, 1.807) is 23.1 Å². The number of hydrogen-bond donors (Lipinski definition) is 0. The second-order valence-corrected chi connectivity index (χ2v) is 11.0. The summed E-state index contributed by atoms with van der Waals surface area (Å²) < 4.78 is 13.0. The van der Waals surface area contributed by atoms with Crippen molar-refractivity contribution in [2.75, 3.05) is 6.79 Å². The highest BCUT2D eigenvalue weighted by Gasteiger charge is 2.24. The molecule has 0 unspecified atom stereocenters. The van der Waals surface area contributed by atoms with E-state index in [1.165, 1.54) is 28.8 Å². The number of benzene rings is 1. The maximum atomic E-state index is 5.49. The summed E-state index contributed by atoms with van der Waals surface area (Å²) in [5.41, 5.74) is 4.83. The van der Waals surface area contributed by atoms with Crippen molar-refractivity contribution in [3.05, 3.63) is 45.1 Å². The number of rotatable bonds is 5. The third kappa shape index (κ3) is 3.62. The van der Waals surface area contributed by atoms with Crippen LogP contribution in [0.4, 0.5) is 0 Å². The first-order chi connectivity index (χ1) is 15.7. The minimum atomic E-state index is 0.283. The summed E-state index contributed by atoms with van der Waals surface area (Å²) in [6, 6.07) is 5.97. The van der Waals surface area contributed by atoms with E-state index in [4.69, 9.17) is 14.5 Å². The summed E-state index contributed by atoms with van der Waals surface area (Å²) in [4.78, 5) is 6.34. The molecular formula is C23H22N4O2S3. The van der Waals surface area contributed by atoms with Gasteiger partial charge >= 0.3 is 0 Å². The van der Waals surface area contributed by atoms with Gasteiger partial charge in [0.2, 0.25) is 6.79 Å². The lowest BCUT2D eigenvalue weighted by Crippen LogP contribution is -2.09. The van der Waals surface area contributed by atoms with Crippen LogP contribution in [0.5, 0.6) is 11.5 Å². The van der Waals surface area contributed by atoms with Crippen LogP contribution < -0.4 is 9.47 Å². The van der Waals surface area contributed by atoms with Gasteiger partial charge in [-0.05, 0) is 48.9 Å². The lowest BCUT2D eigenvalue weighted by Gasteiger charge is -2.18. The molecule has 4 heterocycles. The summed E-state index contributed by atoms with van der Waals surface area (Å²) in [5, 5.41) is 15.3. The molecule has 32 heavy (non-hydrogen) atoms. The standard InChI is InChI=1S/C23H22N4O2S3/c1-13-3-5-16-17(11-30-20(16)7-13)21-25-26-23(27(21)2)32-10-15-9-31-22(24-15)14-4-6-18-19(8-14)29-12-28-18/h4,6,8-9,11,13H,3,5,7,10,12H2,1-2H3/t13-/m0/s1. The lowest BCUT2D eigenvalue weighted by molar-refractivity contribution is 0.174. The first kappa shape index (κ1) is 20.3. The van der Waals surface area contributed by atoms with Crippen LogP contribution in [0, 0.1) is 5.92 Å². The number of aromatic nitrogens is 4. The van der Waals surface area contributed by atoms with Gasteiger partial charge in [-0.25, -0.2) is 4.98 Å². The van der Waals surface area contributed by atoms with E-state index in [2.05, 4.69) is 39.5 Å². The number of nitrogens with zero attached hydrogens (tertiary/aromatic N) is 4. The normalized spacial score (nSPS) is 17.0. The van der Waals surface area contributed by atoms with Crippen LogP contribution in [0.25, 0.3) is 22.0 Å². The van der Waals surface area contributed by atoms with Gasteiger partial charge in [-0.1, -0.05) is 18.7 Å². The van der Waals surface area contributed by atoms with Gasteiger partial charge < -0.3 is 14.0 Å². The Labute approximate surface area is 198 Å². The molecule has 6 nitrogen and oxygen atoms in total. The summed E-state index contributed by atoms with van der Waals surface area (Å²) in [5.74, 6) is 4.08. The van der Waals surface area contributed by atoms with Crippen LogP contribution in [0.3, 0.4) is 0 Å². The molecule has 6 rings (SSSR count). The molecule has 1 aromatic carbocycles. The van der Waals surface area contributed by atoms with Gasteiger partial charge in [-0.2, -0.15) is 0 Å². The molecule has 9 heteroatoms. The zero-order chi connectivity index (χ0) is 21.7. The van der Waals surface area contributed by atoms with Crippen LogP contribution in [-0.4, -0.2) is 26.5 Å². The maximum absolute atomic E-state index is 5.49. The van der Waals surface area contributed by atoms with Crippen molar-refractivity contribution >= 4 is 34.4 Å². The molecule has 1 aliphatic heterocycles. The predicted octanol–water partition coefficient (Wildman–Crippen LogP) is 5.81. The minimum absolute atomic E-state index is 0.283. The quantitative estimate of drug-likeness (QED) is 0.334. The molecule has 4 aromatic rings. The SMILES string of the molecule is C[C@H]1CCc2c(-c3nnc(SCc4csc(-c5ccc6c(c5)OCO6)n4)n3C)csc2C1. The molecule has 0 fully saturated rings. The smallest absolute Gasteiger partial charge is 0.231 e. The van der Waals surface area contributed by atoms with Crippen LogP contribution in [0.15, 0.2) is 34.1 Å². The molecule has 0 N–H and O–H groups in total. The Balaban J connectivity index is 1.17. The minimum Gasteiger partial charge on any atom is -0.454 e. The zero-order valence-corrected chi connectivity index (χ0v) is 20.3. The fourth-order valence-electron chi connectivity index (χ4n) is 4.21. The van der Waals surface area contributed by atoms with E-state index < -0.39 is 0 Å². The first-order valence-electron chi connectivity index (χ1n) is 10.6. The Morgan fingerprint density at radius 2 is 2.06 bits per heavy atom. The molecular weight excluding hydrogens is 460 g/mol. The van der Waals surface area contributed by atoms with Gasteiger partial charge in [0.15, 0.2) is 22.5 Å². The second kappa shape index (κ2) is 8.20. The average Bonchev–Trinajstić information content (AvgIpc) is 3.58. The zero-order valence-electron chi connectivity index (χ0n) is 17.8. The van der Waals surface area contributed by atoms with Crippen LogP contribution in [0.2, 0.25) is 0 Å². The Bertz CT molecular complexity index is 1290.